The Labute approximate surface area is 172 Å². The average molecular weight is 399 g/mol. The number of furan rings is 1. The Balaban J connectivity index is 1.50. The van der Waals surface area contributed by atoms with Crippen LogP contribution in [0.1, 0.15) is 22.5 Å². The van der Waals surface area contributed by atoms with Crippen LogP contribution in [-0.2, 0) is 11.2 Å². The summed E-state index contributed by atoms with van der Waals surface area (Å²) < 4.78 is 5.15. The lowest BCUT2D eigenvalue weighted by atomic mass is 10.0. The Morgan fingerprint density at radius 1 is 1.07 bits per heavy atom. The summed E-state index contributed by atoms with van der Waals surface area (Å²) in [6.45, 7) is 5.87. The summed E-state index contributed by atoms with van der Waals surface area (Å²) >= 11 is 0. The van der Waals surface area contributed by atoms with Crippen molar-refractivity contribution in [1.29, 1.82) is 0 Å². The van der Waals surface area contributed by atoms with Crippen LogP contribution in [0.15, 0.2) is 53.1 Å². The number of likely N-dealkylation sites (N-methyl/N-ethyl adjacent to an activating group) is 1. The zero-order valence-corrected chi connectivity index (χ0v) is 17.0. The monoisotopic (exact) mass is 398 g/mol. The lowest BCUT2D eigenvalue weighted by Crippen LogP contribution is -2.49. The van der Waals surface area contributed by atoms with Gasteiger partial charge < -0.3 is 24.9 Å². The molecule has 0 saturated carbocycles. The molecule has 156 valence electrons. The van der Waals surface area contributed by atoms with Crippen LogP contribution in [0, 0.1) is 0 Å². The van der Waals surface area contributed by atoms with Crippen molar-refractivity contribution in [3.8, 4) is 0 Å². The lowest BCUT2D eigenvalue weighted by Gasteiger charge is -2.32. The number of carbonyl (C=O) groups excluding carboxylic acids is 2. The van der Waals surface area contributed by atoms with E-state index in [-0.39, 0.29) is 17.6 Å². The molecular weight excluding hydrogens is 368 g/mol. The highest BCUT2D eigenvalue weighted by Crippen LogP contribution is 2.06. The molecule has 3 rings (SSSR count). The van der Waals surface area contributed by atoms with E-state index in [2.05, 4.69) is 27.5 Å². The SMILES string of the molecule is CN1CCN(CCCNC(=O)C(Cc2ccccc2)NC(=O)c2ccco2)CC1. The summed E-state index contributed by atoms with van der Waals surface area (Å²) in [5.74, 6) is -0.360. The Bertz CT molecular complexity index is 756. The van der Waals surface area contributed by atoms with Gasteiger partial charge >= 0.3 is 0 Å². The van der Waals surface area contributed by atoms with E-state index in [1.54, 1.807) is 12.1 Å². The van der Waals surface area contributed by atoms with E-state index in [0.717, 1.165) is 44.7 Å². The minimum atomic E-state index is -0.654. The number of nitrogens with zero attached hydrogens (tertiary/aromatic N) is 2. The van der Waals surface area contributed by atoms with Crippen molar-refractivity contribution >= 4 is 11.8 Å². The topological polar surface area (TPSA) is 77.8 Å². The highest BCUT2D eigenvalue weighted by atomic mass is 16.3. The highest BCUT2D eigenvalue weighted by molar-refractivity contribution is 5.95. The second kappa shape index (κ2) is 10.8. The van der Waals surface area contributed by atoms with Crippen LogP contribution in [0.4, 0.5) is 0 Å². The predicted molar refractivity (Wildman–Crippen MR) is 112 cm³/mol. The van der Waals surface area contributed by atoms with E-state index in [1.165, 1.54) is 6.26 Å². The van der Waals surface area contributed by atoms with Crippen molar-refractivity contribution in [2.45, 2.75) is 18.9 Å². The van der Waals surface area contributed by atoms with Crippen LogP contribution in [0.3, 0.4) is 0 Å². The Hall–Kier alpha value is -2.64. The van der Waals surface area contributed by atoms with Gasteiger partial charge in [0.05, 0.1) is 6.26 Å². The highest BCUT2D eigenvalue weighted by Gasteiger charge is 2.23. The number of amides is 2. The molecular formula is C22H30N4O3. The molecule has 1 aliphatic rings. The van der Waals surface area contributed by atoms with Crippen molar-refractivity contribution < 1.29 is 14.0 Å². The van der Waals surface area contributed by atoms with Gasteiger partial charge in [0, 0.05) is 39.1 Å². The average Bonchev–Trinajstić information content (AvgIpc) is 3.28. The molecule has 0 aliphatic carbocycles. The molecule has 1 aromatic heterocycles. The molecule has 2 amide bonds. The van der Waals surface area contributed by atoms with E-state index in [0.29, 0.717) is 13.0 Å². The maximum Gasteiger partial charge on any atom is 0.287 e. The van der Waals surface area contributed by atoms with Gasteiger partial charge in [0.2, 0.25) is 5.91 Å². The maximum atomic E-state index is 12.8. The van der Waals surface area contributed by atoms with Gasteiger partial charge in [-0.15, -0.1) is 0 Å². The third kappa shape index (κ3) is 6.73. The van der Waals surface area contributed by atoms with Crippen molar-refractivity contribution in [3.63, 3.8) is 0 Å². The number of piperazine rings is 1. The number of benzene rings is 1. The Morgan fingerprint density at radius 3 is 2.52 bits per heavy atom. The summed E-state index contributed by atoms with van der Waals surface area (Å²) in [6, 6.07) is 12.3. The van der Waals surface area contributed by atoms with Gasteiger partial charge in [-0.2, -0.15) is 0 Å². The molecule has 1 atom stereocenters. The summed E-state index contributed by atoms with van der Waals surface area (Å²) in [6.07, 6.45) is 2.76. The maximum absolute atomic E-state index is 12.8. The van der Waals surface area contributed by atoms with E-state index in [9.17, 15) is 9.59 Å². The zero-order valence-electron chi connectivity index (χ0n) is 17.0. The van der Waals surface area contributed by atoms with Crippen LogP contribution >= 0.6 is 0 Å². The Kier molecular flexibility index (Phi) is 7.84. The zero-order chi connectivity index (χ0) is 20.5. The molecule has 1 aliphatic heterocycles. The molecule has 7 nitrogen and oxygen atoms in total. The number of hydrogen-bond acceptors (Lipinski definition) is 5. The van der Waals surface area contributed by atoms with Crippen LogP contribution in [0.25, 0.3) is 0 Å². The fourth-order valence-corrected chi connectivity index (χ4v) is 3.41. The first-order valence-corrected chi connectivity index (χ1v) is 10.2. The molecule has 7 heteroatoms. The van der Waals surface area contributed by atoms with E-state index in [4.69, 9.17) is 4.42 Å². The minimum absolute atomic E-state index is 0.174. The fourth-order valence-electron chi connectivity index (χ4n) is 3.41. The number of hydrogen-bond donors (Lipinski definition) is 2. The fraction of sp³-hybridized carbons (Fsp3) is 0.455. The van der Waals surface area contributed by atoms with Gasteiger partial charge in [0.1, 0.15) is 6.04 Å². The van der Waals surface area contributed by atoms with Crippen LogP contribution < -0.4 is 10.6 Å². The first-order valence-electron chi connectivity index (χ1n) is 10.2. The quantitative estimate of drug-likeness (QED) is 0.624. The summed E-state index contributed by atoms with van der Waals surface area (Å²) in [7, 11) is 2.14. The number of carbonyl (C=O) groups is 2. The molecule has 29 heavy (non-hydrogen) atoms. The van der Waals surface area contributed by atoms with Crippen molar-refractivity contribution in [1.82, 2.24) is 20.4 Å². The van der Waals surface area contributed by atoms with Crippen LogP contribution in [-0.4, -0.2) is 74.0 Å². The molecule has 1 unspecified atom stereocenters. The third-order valence-electron chi connectivity index (χ3n) is 5.20. The molecule has 0 radical (unpaired) electrons. The second-order valence-corrected chi connectivity index (χ2v) is 7.48. The first-order chi connectivity index (χ1) is 14.1. The van der Waals surface area contributed by atoms with Gasteiger partial charge in [-0.1, -0.05) is 30.3 Å². The lowest BCUT2D eigenvalue weighted by molar-refractivity contribution is -0.123. The van der Waals surface area contributed by atoms with Crippen LogP contribution in [0.2, 0.25) is 0 Å². The van der Waals surface area contributed by atoms with Crippen molar-refractivity contribution in [2.24, 2.45) is 0 Å². The molecule has 2 N–H and O–H groups in total. The first kappa shape index (κ1) is 21.1. The van der Waals surface area contributed by atoms with Crippen molar-refractivity contribution in [3.05, 3.63) is 60.1 Å². The van der Waals surface area contributed by atoms with Gasteiger partial charge in [0.15, 0.2) is 5.76 Å². The van der Waals surface area contributed by atoms with Crippen molar-refractivity contribution in [2.75, 3.05) is 46.3 Å². The van der Waals surface area contributed by atoms with Gasteiger partial charge in [-0.3, -0.25) is 9.59 Å². The molecule has 1 saturated heterocycles. The normalized spacial score (nSPS) is 16.3. The molecule has 2 aromatic rings. The molecule has 1 aromatic carbocycles. The van der Waals surface area contributed by atoms with E-state index >= 15 is 0 Å². The van der Waals surface area contributed by atoms with E-state index in [1.807, 2.05) is 30.3 Å². The summed E-state index contributed by atoms with van der Waals surface area (Å²) in [5, 5.41) is 5.78. The summed E-state index contributed by atoms with van der Waals surface area (Å²) in [4.78, 5) is 29.9. The largest absolute Gasteiger partial charge is 0.459 e. The predicted octanol–water partition coefficient (Wildman–Crippen LogP) is 1.37. The van der Waals surface area contributed by atoms with Gasteiger partial charge in [-0.05, 0) is 37.7 Å². The van der Waals surface area contributed by atoms with Gasteiger partial charge in [-0.25, -0.2) is 0 Å². The number of rotatable bonds is 9. The molecule has 1 fully saturated rings. The molecule has 0 spiro atoms. The molecule has 0 bridgehead atoms. The number of nitrogens with one attached hydrogen (secondary N) is 2. The third-order valence-corrected chi connectivity index (χ3v) is 5.20. The minimum Gasteiger partial charge on any atom is -0.459 e. The summed E-state index contributed by atoms with van der Waals surface area (Å²) in [5.41, 5.74) is 0.991. The Morgan fingerprint density at radius 2 is 1.83 bits per heavy atom. The smallest absolute Gasteiger partial charge is 0.287 e. The van der Waals surface area contributed by atoms with Crippen LogP contribution in [0.5, 0.6) is 0 Å². The second-order valence-electron chi connectivity index (χ2n) is 7.48. The van der Waals surface area contributed by atoms with E-state index < -0.39 is 6.04 Å². The standard InChI is InChI=1S/C22H30N4O3/c1-25-12-14-26(15-13-25)11-6-10-23-21(27)19(17-18-7-3-2-4-8-18)24-22(28)20-9-5-16-29-20/h2-5,7-9,16,19H,6,10-15,17H2,1H3,(H,23,27)(H,24,28). The van der Waals surface area contributed by atoms with Gasteiger partial charge in [0.25, 0.3) is 5.91 Å². The molecule has 2 heterocycles.